The number of aromatic nitrogens is 1. The molecular weight excluding hydrogens is 418 g/mol. The van der Waals surface area contributed by atoms with Crippen molar-refractivity contribution in [2.24, 2.45) is 5.92 Å². The Morgan fingerprint density at radius 3 is 2.63 bits per heavy atom. The molecule has 1 amide bonds. The van der Waals surface area contributed by atoms with E-state index in [1.54, 1.807) is 23.1 Å². The second kappa shape index (κ2) is 8.09. The molecule has 4 rings (SSSR count). The maximum absolute atomic E-state index is 13.3. The molecule has 0 saturated heterocycles. The van der Waals surface area contributed by atoms with Crippen molar-refractivity contribution >= 4 is 37.5 Å². The van der Waals surface area contributed by atoms with Crippen LogP contribution < -0.4 is 4.72 Å². The van der Waals surface area contributed by atoms with Gasteiger partial charge in [-0.3, -0.25) is 4.79 Å². The second-order valence-electron chi connectivity index (χ2n) is 7.98. The Balaban J connectivity index is 1.57. The molecule has 2 aromatic carbocycles. The van der Waals surface area contributed by atoms with Crippen LogP contribution in [0.25, 0.3) is 10.2 Å². The maximum Gasteiger partial charge on any atom is 0.241 e. The highest BCUT2D eigenvalue weighted by Crippen LogP contribution is 2.25. The number of amides is 1. The predicted octanol–water partition coefficient (Wildman–Crippen LogP) is 3.49. The number of nitrogens with zero attached hydrogens (tertiary/aromatic N) is 2. The van der Waals surface area contributed by atoms with Crippen LogP contribution in [-0.4, -0.2) is 36.8 Å². The second-order valence-corrected chi connectivity index (χ2v) is 10.9. The smallest absolute Gasteiger partial charge is 0.241 e. The molecule has 3 aromatic rings. The van der Waals surface area contributed by atoms with E-state index in [0.29, 0.717) is 13.1 Å². The van der Waals surface area contributed by atoms with Gasteiger partial charge in [-0.1, -0.05) is 38.1 Å². The van der Waals surface area contributed by atoms with Gasteiger partial charge in [-0.25, -0.2) is 13.4 Å². The predicted molar refractivity (Wildman–Crippen MR) is 119 cm³/mol. The minimum absolute atomic E-state index is 0.154. The summed E-state index contributed by atoms with van der Waals surface area (Å²) in [6.07, 6.45) is 0.779. The molecule has 6 nitrogen and oxygen atoms in total. The first-order valence-electron chi connectivity index (χ1n) is 10.00. The highest BCUT2D eigenvalue weighted by molar-refractivity contribution is 7.89. The van der Waals surface area contributed by atoms with Crippen LogP contribution in [0.2, 0.25) is 0 Å². The van der Waals surface area contributed by atoms with E-state index in [9.17, 15) is 13.2 Å². The fraction of sp³-hybridized carbons (Fsp3) is 0.364. The molecule has 158 valence electrons. The molecule has 0 radical (unpaired) electrons. The lowest BCUT2D eigenvalue weighted by atomic mass is 9.97. The number of sulfonamides is 1. The molecule has 0 aliphatic carbocycles. The number of nitrogens with one attached hydrogen (secondary N) is 1. The van der Waals surface area contributed by atoms with Crippen molar-refractivity contribution in [1.82, 2.24) is 14.6 Å². The van der Waals surface area contributed by atoms with Crippen molar-refractivity contribution in [2.45, 2.75) is 44.7 Å². The first kappa shape index (κ1) is 21.0. The number of aryl methyl sites for hydroxylation is 1. The topological polar surface area (TPSA) is 79.4 Å². The summed E-state index contributed by atoms with van der Waals surface area (Å²) in [6, 6.07) is 12.1. The van der Waals surface area contributed by atoms with E-state index in [2.05, 4.69) is 15.8 Å². The molecule has 1 N–H and O–H groups in total. The van der Waals surface area contributed by atoms with Crippen LogP contribution in [0.3, 0.4) is 0 Å². The molecule has 0 fully saturated rings. The third kappa shape index (κ3) is 4.12. The highest BCUT2D eigenvalue weighted by atomic mass is 32.2. The van der Waals surface area contributed by atoms with Gasteiger partial charge in [0.15, 0.2) is 0 Å². The fourth-order valence-corrected chi connectivity index (χ4v) is 6.08. The van der Waals surface area contributed by atoms with Crippen molar-refractivity contribution < 1.29 is 13.2 Å². The van der Waals surface area contributed by atoms with Gasteiger partial charge in [0.1, 0.15) is 6.04 Å². The van der Waals surface area contributed by atoms with Crippen molar-refractivity contribution in [3.8, 4) is 0 Å². The van der Waals surface area contributed by atoms with Crippen molar-refractivity contribution in [3.05, 3.63) is 58.6 Å². The zero-order valence-corrected chi connectivity index (χ0v) is 18.9. The summed E-state index contributed by atoms with van der Waals surface area (Å²) < 4.78 is 29.7. The molecule has 0 bridgehead atoms. The third-order valence-electron chi connectivity index (χ3n) is 5.43. The van der Waals surface area contributed by atoms with E-state index in [-0.39, 0.29) is 16.7 Å². The quantitative estimate of drug-likeness (QED) is 0.655. The summed E-state index contributed by atoms with van der Waals surface area (Å²) >= 11 is 1.45. The van der Waals surface area contributed by atoms with Crippen LogP contribution in [0.4, 0.5) is 0 Å². The van der Waals surface area contributed by atoms with Gasteiger partial charge < -0.3 is 4.90 Å². The summed E-state index contributed by atoms with van der Waals surface area (Å²) in [6.45, 7) is 6.71. The Bertz CT molecular complexity index is 1200. The zero-order chi connectivity index (χ0) is 21.5. The maximum atomic E-state index is 13.3. The van der Waals surface area contributed by atoms with Crippen LogP contribution in [0.15, 0.2) is 47.4 Å². The standard InChI is InChI=1S/C22H25N3O3S2/c1-14(2)21(22(26)25-11-10-16-6-4-5-7-17(16)13-25)24-30(27,28)18-8-9-19-20(12-18)29-15(3)23-19/h4-9,12,14,21,24H,10-11,13H2,1-3H3. The molecule has 0 spiro atoms. The Morgan fingerprint density at radius 1 is 1.17 bits per heavy atom. The van der Waals surface area contributed by atoms with Crippen LogP contribution in [0.1, 0.15) is 30.0 Å². The number of rotatable bonds is 5. The Hall–Kier alpha value is -2.29. The van der Waals surface area contributed by atoms with Crippen molar-refractivity contribution in [1.29, 1.82) is 0 Å². The van der Waals surface area contributed by atoms with Gasteiger partial charge in [0.25, 0.3) is 0 Å². The van der Waals surface area contributed by atoms with E-state index in [1.165, 1.54) is 16.9 Å². The fourth-order valence-electron chi connectivity index (χ4n) is 3.77. The number of carbonyl (C=O) groups excluding carboxylic acids is 1. The summed E-state index contributed by atoms with van der Waals surface area (Å²) in [5, 5.41) is 0.883. The largest absolute Gasteiger partial charge is 0.337 e. The average Bonchev–Trinajstić information content (AvgIpc) is 3.10. The monoisotopic (exact) mass is 443 g/mol. The number of carbonyl (C=O) groups is 1. The molecular formula is C22H25N3O3S2. The van der Waals surface area contributed by atoms with E-state index in [0.717, 1.165) is 27.2 Å². The molecule has 30 heavy (non-hydrogen) atoms. The van der Waals surface area contributed by atoms with Crippen molar-refractivity contribution in [2.75, 3.05) is 6.54 Å². The molecule has 1 aromatic heterocycles. The number of hydrogen-bond donors (Lipinski definition) is 1. The van der Waals surface area contributed by atoms with E-state index in [4.69, 9.17) is 0 Å². The Morgan fingerprint density at radius 2 is 1.90 bits per heavy atom. The molecule has 2 heterocycles. The Labute approximate surface area is 181 Å². The number of fused-ring (bicyclic) bond motifs is 2. The lowest BCUT2D eigenvalue weighted by Crippen LogP contribution is -2.52. The normalized spacial score (nSPS) is 15.4. The lowest BCUT2D eigenvalue weighted by molar-refractivity contribution is -0.135. The van der Waals surface area contributed by atoms with E-state index < -0.39 is 16.1 Å². The summed E-state index contributed by atoms with van der Waals surface area (Å²) in [7, 11) is -3.85. The summed E-state index contributed by atoms with van der Waals surface area (Å²) in [5.41, 5.74) is 3.14. The molecule has 8 heteroatoms. The van der Waals surface area contributed by atoms with Gasteiger partial charge in [-0.15, -0.1) is 11.3 Å². The average molecular weight is 444 g/mol. The lowest BCUT2D eigenvalue weighted by Gasteiger charge is -2.33. The molecule has 0 saturated carbocycles. The van der Waals surface area contributed by atoms with Crippen molar-refractivity contribution in [3.63, 3.8) is 0 Å². The molecule has 1 aliphatic rings. The number of hydrogen-bond acceptors (Lipinski definition) is 5. The van der Waals surface area contributed by atoms with Crippen LogP contribution in [0.5, 0.6) is 0 Å². The first-order chi connectivity index (χ1) is 14.2. The SMILES string of the molecule is Cc1nc2ccc(S(=O)(=O)NC(C(=O)N3CCc4ccccc4C3)C(C)C)cc2s1. The third-order valence-corrected chi connectivity index (χ3v) is 7.81. The molecule has 1 atom stereocenters. The summed E-state index contributed by atoms with van der Waals surface area (Å²) in [5.74, 6) is -0.364. The van der Waals surface area contributed by atoms with Gasteiger partial charge in [-0.2, -0.15) is 4.72 Å². The Kier molecular flexibility index (Phi) is 5.65. The van der Waals surface area contributed by atoms with Gasteiger partial charge in [0.05, 0.1) is 20.1 Å². The molecule has 1 aliphatic heterocycles. The number of thiazole rings is 1. The van der Waals surface area contributed by atoms with Crippen LogP contribution in [0, 0.1) is 12.8 Å². The van der Waals surface area contributed by atoms with Gasteiger partial charge in [0.2, 0.25) is 15.9 Å². The first-order valence-corrected chi connectivity index (χ1v) is 12.3. The minimum atomic E-state index is -3.85. The van der Waals surface area contributed by atoms with Crippen LogP contribution >= 0.6 is 11.3 Å². The highest BCUT2D eigenvalue weighted by Gasteiger charge is 2.33. The van der Waals surface area contributed by atoms with E-state index >= 15 is 0 Å². The van der Waals surface area contributed by atoms with E-state index in [1.807, 2.05) is 39.0 Å². The summed E-state index contributed by atoms with van der Waals surface area (Å²) in [4.78, 5) is 19.6. The number of benzene rings is 2. The zero-order valence-electron chi connectivity index (χ0n) is 17.3. The van der Waals surface area contributed by atoms with Gasteiger partial charge in [0, 0.05) is 13.1 Å². The molecule has 1 unspecified atom stereocenters. The minimum Gasteiger partial charge on any atom is -0.337 e. The van der Waals surface area contributed by atoms with Gasteiger partial charge >= 0.3 is 0 Å². The van der Waals surface area contributed by atoms with Gasteiger partial charge in [-0.05, 0) is 48.6 Å². The van der Waals surface area contributed by atoms with Crippen LogP contribution in [-0.2, 0) is 27.8 Å².